The average molecular weight is 542 g/mol. The van der Waals surface area contributed by atoms with Crippen LogP contribution in [-0.4, -0.2) is 22.2 Å². The molecular formula is C39H31N3. The third kappa shape index (κ3) is 5.55. The van der Waals surface area contributed by atoms with Crippen LogP contribution >= 0.6 is 0 Å². The number of hydrogen-bond donors (Lipinski definition) is 0. The lowest BCUT2D eigenvalue weighted by molar-refractivity contribution is 0.864. The maximum absolute atomic E-state index is 4.77. The number of dihydropyridines is 1. The van der Waals surface area contributed by atoms with Gasteiger partial charge in [-0.25, -0.2) is 0 Å². The van der Waals surface area contributed by atoms with Gasteiger partial charge in [0.05, 0.1) is 17.1 Å². The zero-order valence-corrected chi connectivity index (χ0v) is 23.4. The third-order valence-corrected chi connectivity index (χ3v) is 7.96. The van der Waals surface area contributed by atoms with Crippen LogP contribution in [0.5, 0.6) is 0 Å². The summed E-state index contributed by atoms with van der Waals surface area (Å²) in [5, 5.41) is 0. The van der Waals surface area contributed by atoms with Gasteiger partial charge >= 0.3 is 0 Å². The van der Waals surface area contributed by atoms with E-state index in [2.05, 4.69) is 125 Å². The Bertz CT molecular complexity index is 1850. The fraction of sp³-hybridized carbons (Fsp3) is 0.103. The smallest absolute Gasteiger partial charge is 0.0702 e. The van der Waals surface area contributed by atoms with Crippen LogP contribution in [0, 0.1) is 0 Å². The molecule has 0 spiro atoms. The van der Waals surface area contributed by atoms with Crippen molar-refractivity contribution in [3.63, 3.8) is 0 Å². The lowest BCUT2D eigenvalue weighted by atomic mass is 9.84. The van der Waals surface area contributed by atoms with Gasteiger partial charge in [-0.15, -0.1) is 0 Å². The Morgan fingerprint density at radius 3 is 1.95 bits per heavy atom. The van der Waals surface area contributed by atoms with E-state index in [4.69, 9.17) is 4.99 Å². The molecule has 0 N–H and O–H groups in total. The Labute approximate surface area is 247 Å². The number of hydrogen-bond acceptors (Lipinski definition) is 3. The van der Waals surface area contributed by atoms with Crippen LogP contribution in [0.25, 0.3) is 39.1 Å². The van der Waals surface area contributed by atoms with Crippen LogP contribution < -0.4 is 0 Å². The first-order valence-corrected chi connectivity index (χ1v) is 14.6. The van der Waals surface area contributed by atoms with E-state index in [1.165, 1.54) is 33.4 Å². The van der Waals surface area contributed by atoms with E-state index in [9.17, 15) is 0 Å². The van der Waals surface area contributed by atoms with Gasteiger partial charge in [0.25, 0.3) is 0 Å². The Morgan fingerprint density at radius 2 is 1.26 bits per heavy atom. The average Bonchev–Trinajstić information content (AvgIpc) is 3.09. The highest BCUT2D eigenvalue weighted by molar-refractivity contribution is 6.09. The van der Waals surface area contributed by atoms with Crippen LogP contribution in [0.4, 0.5) is 0 Å². The predicted molar refractivity (Wildman–Crippen MR) is 174 cm³/mol. The van der Waals surface area contributed by atoms with Gasteiger partial charge in [-0.3, -0.25) is 15.0 Å². The minimum absolute atomic E-state index is 0.249. The van der Waals surface area contributed by atoms with E-state index >= 15 is 0 Å². The molecule has 0 saturated heterocycles. The second-order valence-corrected chi connectivity index (χ2v) is 10.8. The Balaban J connectivity index is 1.32. The maximum Gasteiger partial charge on any atom is 0.0702 e. The number of nitrogens with zero attached hydrogens (tertiary/aromatic N) is 3. The van der Waals surface area contributed by atoms with Crippen LogP contribution in [0.1, 0.15) is 35.6 Å². The third-order valence-electron chi connectivity index (χ3n) is 7.96. The second-order valence-electron chi connectivity index (χ2n) is 10.8. The van der Waals surface area contributed by atoms with E-state index < -0.39 is 0 Å². The summed E-state index contributed by atoms with van der Waals surface area (Å²) in [5.41, 5.74) is 12.7. The molecule has 0 saturated carbocycles. The van der Waals surface area contributed by atoms with E-state index in [0.29, 0.717) is 0 Å². The Morgan fingerprint density at radius 1 is 0.595 bits per heavy atom. The Hall–Kier alpha value is -5.15. The normalized spacial score (nSPS) is 16.1. The molecule has 0 bridgehead atoms. The first-order valence-electron chi connectivity index (χ1n) is 14.6. The molecule has 1 aliphatic carbocycles. The molecule has 1 aliphatic heterocycles. The first-order chi connectivity index (χ1) is 20.8. The molecule has 0 unspecified atom stereocenters. The van der Waals surface area contributed by atoms with E-state index in [-0.39, 0.29) is 5.92 Å². The number of allylic oxidation sites excluding steroid dienone is 5. The lowest BCUT2D eigenvalue weighted by Crippen LogP contribution is -2.03. The van der Waals surface area contributed by atoms with Crippen molar-refractivity contribution in [3.8, 4) is 33.5 Å². The summed E-state index contributed by atoms with van der Waals surface area (Å²) in [7, 11) is 0. The van der Waals surface area contributed by atoms with Crippen LogP contribution in [-0.2, 0) is 0 Å². The molecule has 3 heteroatoms. The van der Waals surface area contributed by atoms with Gasteiger partial charge in [0.1, 0.15) is 0 Å². The highest BCUT2D eigenvalue weighted by Gasteiger charge is 2.18. The molecule has 3 aromatic carbocycles. The SMILES string of the molecule is C1=C[C@@H](c2cc(-c3cccc(C4=NCCC=C4)c3)cc(-c3cccc(-c4ccccn4)c3)c2)CC(c2ccccn2)=C1. The number of aromatic nitrogens is 2. The van der Waals surface area contributed by atoms with Crippen molar-refractivity contribution >= 4 is 11.3 Å². The van der Waals surface area contributed by atoms with Gasteiger partial charge in [0, 0.05) is 36.0 Å². The van der Waals surface area contributed by atoms with Gasteiger partial charge in [-0.1, -0.05) is 85.0 Å². The van der Waals surface area contributed by atoms with Crippen LogP contribution in [0.15, 0.2) is 151 Å². The minimum Gasteiger partial charge on any atom is -0.284 e. The summed E-state index contributed by atoms with van der Waals surface area (Å²) in [6.07, 6.45) is 16.7. The van der Waals surface area contributed by atoms with E-state index in [0.717, 1.165) is 47.6 Å². The van der Waals surface area contributed by atoms with Gasteiger partial charge in [-0.2, -0.15) is 0 Å². The summed E-state index contributed by atoms with van der Waals surface area (Å²) in [6, 6.07) is 36.7. The van der Waals surface area contributed by atoms with Crippen molar-refractivity contribution in [3.05, 3.63) is 163 Å². The molecule has 0 fully saturated rings. The van der Waals surface area contributed by atoms with Crippen molar-refractivity contribution in [2.24, 2.45) is 4.99 Å². The van der Waals surface area contributed by atoms with Gasteiger partial charge in [-0.05, 0) is 94.8 Å². The van der Waals surface area contributed by atoms with Crippen LogP contribution in [0.2, 0.25) is 0 Å². The number of pyridine rings is 2. The van der Waals surface area contributed by atoms with Gasteiger partial charge in [0.15, 0.2) is 0 Å². The molecule has 7 rings (SSSR count). The summed E-state index contributed by atoms with van der Waals surface area (Å²) >= 11 is 0. The molecular weight excluding hydrogens is 510 g/mol. The summed E-state index contributed by atoms with van der Waals surface area (Å²) in [4.78, 5) is 14.0. The predicted octanol–water partition coefficient (Wildman–Crippen LogP) is 9.35. The van der Waals surface area contributed by atoms with Crippen molar-refractivity contribution in [2.45, 2.75) is 18.8 Å². The molecule has 3 nitrogen and oxygen atoms in total. The largest absolute Gasteiger partial charge is 0.284 e. The zero-order chi connectivity index (χ0) is 28.1. The molecule has 42 heavy (non-hydrogen) atoms. The summed E-state index contributed by atoms with van der Waals surface area (Å²) in [5.74, 6) is 0.249. The molecule has 202 valence electrons. The number of rotatable bonds is 6. The fourth-order valence-corrected chi connectivity index (χ4v) is 5.79. The van der Waals surface area contributed by atoms with Crippen molar-refractivity contribution < 1.29 is 0 Å². The number of benzene rings is 3. The second kappa shape index (κ2) is 11.8. The monoisotopic (exact) mass is 541 g/mol. The van der Waals surface area contributed by atoms with Crippen molar-refractivity contribution in [1.29, 1.82) is 0 Å². The highest BCUT2D eigenvalue weighted by atomic mass is 14.7. The lowest BCUT2D eigenvalue weighted by Gasteiger charge is -2.21. The first kappa shape index (κ1) is 25.8. The topological polar surface area (TPSA) is 38.1 Å². The van der Waals surface area contributed by atoms with Gasteiger partial charge in [0.2, 0.25) is 0 Å². The van der Waals surface area contributed by atoms with Crippen molar-refractivity contribution in [1.82, 2.24) is 9.97 Å². The number of aliphatic imine (C=N–C) groups is 1. The molecule has 0 radical (unpaired) electrons. The summed E-state index contributed by atoms with van der Waals surface area (Å²) < 4.78 is 0. The fourth-order valence-electron chi connectivity index (χ4n) is 5.79. The van der Waals surface area contributed by atoms with Gasteiger partial charge < -0.3 is 0 Å². The Kier molecular flexibility index (Phi) is 7.22. The van der Waals surface area contributed by atoms with Crippen LogP contribution in [0.3, 0.4) is 0 Å². The zero-order valence-electron chi connectivity index (χ0n) is 23.4. The standard InChI is InChI=1S/C39H31N3/c1-4-19-40-37(16-1)31-13-7-10-28(22-31)34-25-35(29-11-8-14-32(23-29)38-17-2-5-20-41-38)27-36(26-34)30-12-9-15-33(24-30)39-18-3-6-21-42-39/h1-5,7-20,22,24-27,29H,6,21,23H2/t29-/m1/s1. The van der Waals surface area contributed by atoms with E-state index in [1.807, 2.05) is 30.6 Å². The molecule has 0 amide bonds. The quantitative estimate of drug-likeness (QED) is 0.215. The van der Waals surface area contributed by atoms with Crippen molar-refractivity contribution in [2.75, 3.05) is 6.54 Å². The molecule has 2 aliphatic rings. The highest BCUT2D eigenvalue weighted by Crippen LogP contribution is 2.38. The molecule has 1 atom stereocenters. The maximum atomic E-state index is 4.77. The van der Waals surface area contributed by atoms with E-state index in [1.54, 1.807) is 0 Å². The molecule has 3 heterocycles. The minimum atomic E-state index is 0.249. The summed E-state index contributed by atoms with van der Waals surface area (Å²) in [6.45, 7) is 0.850. The molecule has 5 aromatic rings. The molecule has 2 aromatic heterocycles.